The summed E-state index contributed by atoms with van der Waals surface area (Å²) in [6.45, 7) is 1.97. The number of ether oxygens (including phenoxy) is 1. The Labute approximate surface area is 84.1 Å². The number of hydrogen-bond donors (Lipinski definition) is 1. The summed E-state index contributed by atoms with van der Waals surface area (Å²) in [4.78, 5) is 0. The quantitative estimate of drug-likeness (QED) is 0.792. The third-order valence-electron chi connectivity index (χ3n) is 2.19. The molecule has 3 heteroatoms. The van der Waals surface area contributed by atoms with Gasteiger partial charge in [-0.15, -0.1) is 0 Å². The summed E-state index contributed by atoms with van der Waals surface area (Å²) in [7, 11) is 1.63. The number of benzene rings is 1. The Morgan fingerprint density at radius 2 is 2.29 bits per heavy atom. The molecular formula is C11H14N2O. The Kier molecular flexibility index (Phi) is 3.49. The molecule has 14 heavy (non-hydrogen) atoms. The smallest absolute Gasteiger partial charge is 0.119 e. The molecule has 74 valence electrons. The molecule has 0 aliphatic heterocycles. The van der Waals surface area contributed by atoms with E-state index in [1.807, 2.05) is 25.1 Å². The molecule has 0 fully saturated rings. The number of nitrogens with two attached hydrogens (primary N) is 1. The highest BCUT2D eigenvalue weighted by atomic mass is 16.5. The molecule has 1 rings (SSSR count). The average molecular weight is 190 g/mol. The van der Waals surface area contributed by atoms with Crippen molar-refractivity contribution in [2.24, 2.45) is 5.73 Å². The molecule has 0 heterocycles. The molecule has 1 aromatic rings. The fourth-order valence-electron chi connectivity index (χ4n) is 1.40. The van der Waals surface area contributed by atoms with Crippen molar-refractivity contribution in [1.29, 1.82) is 5.26 Å². The summed E-state index contributed by atoms with van der Waals surface area (Å²) < 4.78 is 5.08. The summed E-state index contributed by atoms with van der Waals surface area (Å²) in [5, 5.41) is 8.53. The summed E-state index contributed by atoms with van der Waals surface area (Å²) in [6, 6.07) is 7.56. The SMILES string of the molecule is COc1ccc([C@H](N)CC#N)c(C)c1. The second-order valence-corrected chi connectivity index (χ2v) is 3.19. The van der Waals surface area contributed by atoms with E-state index in [4.69, 9.17) is 15.7 Å². The lowest BCUT2D eigenvalue weighted by atomic mass is 10.00. The lowest BCUT2D eigenvalue weighted by molar-refractivity contribution is 0.414. The molecule has 0 aliphatic carbocycles. The molecule has 1 atom stereocenters. The third-order valence-corrected chi connectivity index (χ3v) is 2.19. The minimum atomic E-state index is -0.203. The van der Waals surface area contributed by atoms with E-state index >= 15 is 0 Å². The zero-order valence-corrected chi connectivity index (χ0v) is 8.45. The first-order valence-corrected chi connectivity index (χ1v) is 4.46. The van der Waals surface area contributed by atoms with Crippen LogP contribution in [0.5, 0.6) is 5.75 Å². The van der Waals surface area contributed by atoms with Crippen LogP contribution in [0.4, 0.5) is 0 Å². The standard InChI is InChI=1S/C11H14N2O/c1-8-7-9(14-2)3-4-10(8)11(13)5-6-12/h3-4,7,11H,5,13H2,1-2H3/t11-/m1/s1. The molecule has 0 aliphatic rings. The van der Waals surface area contributed by atoms with Gasteiger partial charge >= 0.3 is 0 Å². The van der Waals surface area contributed by atoms with Gasteiger partial charge in [0.05, 0.1) is 19.6 Å². The largest absolute Gasteiger partial charge is 0.497 e. The van der Waals surface area contributed by atoms with E-state index < -0.39 is 0 Å². The van der Waals surface area contributed by atoms with Gasteiger partial charge < -0.3 is 10.5 Å². The van der Waals surface area contributed by atoms with Crippen molar-refractivity contribution in [3.63, 3.8) is 0 Å². The third kappa shape index (κ3) is 2.24. The molecule has 0 amide bonds. The minimum Gasteiger partial charge on any atom is -0.497 e. The molecule has 0 radical (unpaired) electrons. The number of nitrogens with zero attached hydrogens (tertiary/aromatic N) is 1. The highest BCUT2D eigenvalue weighted by Crippen LogP contribution is 2.22. The molecule has 0 bridgehead atoms. The summed E-state index contributed by atoms with van der Waals surface area (Å²) in [6.07, 6.45) is 0.340. The number of nitriles is 1. The van der Waals surface area contributed by atoms with Crippen molar-refractivity contribution in [2.45, 2.75) is 19.4 Å². The van der Waals surface area contributed by atoms with E-state index in [9.17, 15) is 0 Å². The fraction of sp³-hybridized carbons (Fsp3) is 0.364. The van der Waals surface area contributed by atoms with Crippen molar-refractivity contribution >= 4 is 0 Å². The Bertz CT molecular complexity index is 355. The summed E-state index contributed by atoms with van der Waals surface area (Å²) >= 11 is 0. The first-order valence-electron chi connectivity index (χ1n) is 4.46. The lowest BCUT2D eigenvalue weighted by Crippen LogP contribution is -2.10. The molecule has 1 aromatic carbocycles. The zero-order valence-electron chi connectivity index (χ0n) is 8.45. The predicted octanol–water partition coefficient (Wildman–Crippen LogP) is 1.92. The lowest BCUT2D eigenvalue weighted by Gasteiger charge is -2.12. The van der Waals surface area contributed by atoms with E-state index in [0.29, 0.717) is 6.42 Å². The van der Waals surface area contributed by atoms with Gasteiger partial charge in [-0.1, -0.05) is 6.07 Å². The summed E-state index contributed by atoms with van der Waals surface area (Å²) in [5.41, 5.74) is 7.90. The van der Waals surface area contributed by atoms with Crippen LogP contribution in [0.3, 0.4) is 0 Å². The van der Waals surface area contributed by atoms with Crippen LogP contribution in [0.2, 0.25) is 0 Å². The first-order chi connectivity index (χ1) is 6.69. The van der Waals surface area contributed by atoms with Gasteiger partial charge in [0.25, 0.3) is 0 Å². The molecule has 0 spiro atoms. The predicted molar refractivity (Wildman–Crippen MR) is 54.9 cm³/mol. The normalized spacial score (nSPS) is 11.9. The van der Waals surface area contributed by atoms with E-state index in [-0.39, 0.29) is 6.04 Å². The Hall–Kier alpha value is -1.53. The first kappa shape index (κ1) is 10.6. The highest BCUT2D eigenvalue weighted by Gasteiger charge is 2.08. The van der Waals surface area contributed by atoms with Gasteiger partial charge in [-0.3, -0.25) is 0 Å². The van der Waals surface area contributed by atoms with Gasteiger partial charge in [0.2, 0.25) is 0 Å². The number of rotatable bonds is 3. The van der Waals surface area contributed by atoms with Crippen LogP contribution in [0, 0.1) is 18.3 Å². The number of aryl methyl sites for hydroxylation is 1. The maximum absolute atomic E-state index is 8.53. The van der Waals surface area contributed by atoms with Crippen LogP contribution in [0.15, 0.2) is 18.2 Å². The average Bonchev–Trinajstić information content (AvgIpc) is 2.17. The second-order valence-electron chi connectivity index (χ2n) is 3.19. The van der Waals surface area contributed by atoms with Gasteiger partial charge in [-0.05, 0) is 30.2 Å². The number of hydrogen-bond acceptors (Lipinski definition) is 3. The molecule has 0 saturated carbocycles. The minimum absolute atomic E-state index is 0.203. The van der Waals surface area contributed by atoms with Crippen molar-refractivity contribution < 1.29 is 4.74 Å². The van der Waals surface area contributed by atoms with Crippen molar-refractivity contribution in [2.75, 3.05) is 7.11 Å². The molecule has 0 unspecified atom stereocenters. The molecule has 0 aromatic heterocycles. The van der Waals surface area contributed by atoms with Crippen molar-refractivity contribution in [3.8, 4) is 11.8 Å². The van der Waals surface area contributed by atoms with Crippen LogP contribution in [0.1, 0.15) is 23.6 Å². The molecule has 3 nitrogen and oxygen atoms in total. The van der Waals surface area contributed by atoms with Crippen LogP contribution in [-0.4, -0.2) is 7.11 Å². The molecular weight excluding hydrogens is 176 g/mol. The van der Waals surface area contributed by atoms with Crippen molar-refractivity contribution in [3.05, 3.63) is 29.3 Å². The van der Waals surface area contributed by atoms with E-state index in [1.54, 1.807) is 7.11 Å². The fourth-order valence-corrected chi connectivity index (χ4v) is 1.40. The Balaban J connectivity index is 2.94. The maximum atomic E-state index is 8.53. The van der Waals surface area contributed by atoms with Crippen molar-refractivity contribution in [1.82, 2.24) is 0 Å². The van der Waals surface area contributed by atoms with Gasteiger partial charge in [0.15, 0.2) is 0 Å². The van der Waals surface area contributed by atoms with E-state index in [0.717, 1.165) is 16.9 Å². The van der Waals surface area contributed by atoms with E-state index in [2.05, 4.69) is 6.07 Å². The van der Waals surface area contributed by atoms with Gasteiger partial charge in [-0.25, -0.2) is 0 Å². The van der Waals surface area contributed by atoms with Gasteiger partial charge in [0, 0.05) is 6.04 Å². The Morgan fingerprint density at radius 1 is 1.57 bits per heavy atom. The highest BCUT2D eigenvalue weighted by molar-refractivity contribution is 5.36. The Morgan fingerprint density at radius 3 is 2.79 bits per heavy atom. The van der Waals surface area contributed by atoms with Crippen LogP contribution < -0.4 is 10.5 Å². The van der Waals surface area contributed by atoms with Gasteiger partial charge in [0.1, 0.15) is 5.75 Å². The molecule has 0 saturated heterocycles. The zero-order chi connectivity index (χ0) is 10.6. The van der Waals surface area contributed by atoms with Crippen LogP contribution in [-0.2, 0) is 0 Å². The summed E-state index contributed by atoms with van der Waals surface area (Å²) in [5.74, 6) is 0.815. The van der Waals surface area contributed by atoms with Crippen LogP contribution in [0.25, 0.3) is 0 Å². The van der Waals surface area contributed by atoms with Crippen LogP contribution >= 0.6 is 0 Å². The number of methoxy groups -OCH3 is 1. The van der Waals surface area contributed by atoms with E-state index in [1.165, 1.54) is 0 Å². The second kappa shape index (κ2) is 4.64. The molecule has 2 N–H and O–H groups in total. The maximum Gasteiger partial charge on any atom is 0.119 e. The van der Waals surface area contributed by atoms with Gasteiger partial charge in [-0.2, -0.15) is 5.26 Å². The topological polar surface area (TPSA) is 59.0 Å². The monoisotopic (exact) mass is 190 g/mol.